The van der Waals surface area contributed by atoms with E-state index in [1.165, 1.54) is 14.0 Å². The van der Waals surface area contributed by atoms with Gasteiger partial charge in [-0.3, -0.25) is 19.3 Å². The maximum absolute atomic E-state index is 13.1. The number of thioether (sulfide) groups is 1. The zero-order chi connectivity index (χ0) is 23.5. The molecule has 1 saturated heterocycles. The van der Waals surface area contributed by atoms with E-state index in [0.717, 1.165) is 16.7 Å². The van der Waals surface area contributed by atoms with Crippen molar-refractivity contribution in [3.05, 3.63) is 57.6 Å². The molecule has 0 aromatic heterocycles. The lowest BCUT2D eigenvalue weighted by Gasteiger charge is -2.55. The number of amides is 2. The Bertz CT molecular complexity index is 1040. The van der Waals surface area contributed by atoms with Crippen LogP contribution in [0, 0.1) is 0 Å². The van der Waals surface area contributed by atoms with E-state index < -0.39 is 40.9 Å². The number of carboxylic acids is 1. The fourth-order valence-electron chi connectivity index (χ4n) is 3.45. The molecule has 2 amide bonds. The molecule has 0 aliphatic carbocycles. The summed E-state index contributed by atoms with van der Waals surface area (Å²) in [6.45, 7) is 0.909. The number of carbonyl (C=O) groups excluding carboxylic acids is 3. The summed E-state index contributed by atoms with van der Waals surface area (Å²) in [5, 5.41) is 14.8. The van der Waals surface area contributed by atoms with Crippen molar-refractivity contribution in [2.24, 2.45) is 5.11 Å². The summed E-state index contributed by atoms with van der Waals surface area (Å²) in [5.41, 5.74) is 7.36. The molecule has 13 heteroatoms. The van der Waals surface area contributed by atoms with Gasteiger partial charge in [0.1, 0.15) is 23.7 Å². The molecule has 0 bridgehead atoms. The molecule has 2 heterocycles. The Morgan fingerprint density at radius 1 is 1.41 bits per heavy atom. The third-order valence-electron chi connectivity index (χ3n) is 4.92. The first kappa shape index (κ1) is 23.1. The van der Waals surface area contributed by atoms with Crippen LogP contribution in [0.3, 0.4) is 0 Å². The van der Waals surface area contributed by atoms with Crippen LogP contribution in [0.25, 0.3) is 10.4 Å². The first-order valence-electron chi connectivity index (χ1n) is 9.27. The summed E-state index contributed by atoms with van der Waals surface area (Å²) in [5.74, 6) is -3.43. The molecule has 3 atom stereocenters. The number of esters is 1. The van der Waals surface area contributed by atoms with Gasteiger partial charge in [-0.25, -0.2) is 4.79 Å². The zero-order valence-corrected chi connectivity index (χ0v) is 17.9. The van der Waals surface area contributed by atoms with Crippen molar-refractivity contribution in [1.29, 1.82) is 0 Å². The van der Waals surface area contributed by atoms with Crippen molar-refractivity contribution in [2.45, 2.75) is 24.1 Å². The van der Waals surface area contributed by atoms with Gasteiger partial charge in [-0.2, -0.15) is 0 Å². The lowest BCUT2D eigenvalue weighted by molar-refractivity contribution is -0.192. The van der Waals surface area contributed by atoms with E-state index in [9.17, 15) is 24.3 Å². The van der Waals surface area contributed by atoms with Crippen LogP contribution in [-0.2, 0) is 28.7 Å². The molecule has 2 N–H and O–H groups in total. The molecule has 2 aliphatic heterocycles. The number of nitrogens with one attached hydrogen (secondary N) is 1. The Labute approximate surface area is 186 Å². The van der Waals surface area contributed by atoms with Crippen LogP contribution < -0.4 is 5.32 Å². The van der Waals surface area contributed by atoms with Gasteiger partial charge in [0, 0.05) is 30.3 Å². The monoisotopic (exact) mass is 461 g/mol. The van der Waals surface area contributed by atoms with E-state index in [0.29, 0.717) is 5.56 Å². The Balaban J connectivity index is 1.89. The molecular weight excluding hydrogens is 442 g/mol. The van der Waals surface area contributed by atoms with Gasteiger partial charge in [0.25, 0.3) is 11.6 Å². The Hall–Kier alpha value is -3.54. The molecule has 32 heavy (non-hydrogen) atoms. The molecule has 1 aromatic carbocycles. The van der Waals surface area contributed by atoms with Crippen molar-refractivity contribution in [2.75, 3.05) is 19.5 Å². The number of carbonyl (C=O) groups is 4. The number of hydrogen-bond donors (Lipinski definition) is 2. The quantitative estimate of drug-likeness (QED) is 0.146. The molecule has 0 spiro atoms. The molecule has 3 rings (SSSR count). The van der Waals surface area contributed by atoms with Crippen LogP contribution in [0.15, 0.2) is 46.7 Å². The molecule has 2 aliphatic rings. The molecule has 168 valence electrons. The van der Waals surface area contributed by atoms with Crippen LogP contribution in [0.5, 0.6) is 0 Å². The molecule has 0 radical (unpaired) electrons. The summed E-state index contributed by atoms with van der Waals surface area (Å²) >= 11 is 1.14. The lowest BCUT2D eigenvalue weighted by Crippen LogP contribution is -2.81. The SMILES string of the molecule is COC1(NC(=O)C(N=[N+]=[N-])c2ccccc2)C(=O)N2C(C(=O)O)=C(COC(C)=O)CS[C@@H]21. The van der Waals surface area contributed by atoms with Crippen LogP contribution in [0.1, 0.15) is 18.5 Å². The topological polar surface area (TPSA) is 171 Å². The van der Waals surface area contributed by atoms with E-state index >= 15 is 0 Å². The van der Waals surface area contributed by atoms with Crippen molar-refractivity contribution >= 4 is 35.5 Å². The Kier molecular flexibility index (Phi) is 6.72. The van der Waals surface area contributed by atoms with E-state index in [-0.39, 0.29) is 23.6 Å². The van der Waals surface area contributed by atoms with Crippen LogP contribution in [0.4, 0.5) is 0 Å². The van der Waals surface area contributed by atoms with E-state index in [1.807, 2.05) is 0 Å². The number of ether oxygens (including phenoxy) is 2. The highest BCUT2D eigenvalue weighted by atomic mass is 32.2. The summed E-state index contributed by atoms with van der Waals surface area (Å²) < 4.78 is 10.3. The minimum absolute atomic E-state index is 0.128. The van der Waals surface area contributed by atoms with Gasteiger partial charge in [-0.05, 0) is 11.1 Å². The highest BCUT2D eigenvalue weighted by molar-refractivity contribution is 8.00. The molecule has 2 unspecified atom stereocenters. The number of azide groups is 1. The van der Waals surface area contributed by atoms with E-state index in [2.05, 4.69) is 15.3 Å². The number of β-lactam (4-membered cyclic amide) rings is 1. The smallest absolute Gasteiger partial charge is 0.352 e. The summed E-state index contributed by atoms with van der Waals surface area (Å²) in [6, 6.07) is 6.97. The molecule has 1 fully saturated rings. The van der Waals surface area contributed by atoms with Gasteiger partial charge in [-0.15, -0.1) is 11.8 Å². The summed E-state index contributed by atoms with van der Waals surface area (Å²) in [7, 11) is 1.21. The van der Waals surface area contributed by atoms with Crippen LogP contribution in [0.2, 0.25) is 0 Å². The number of carboxylic acid groups (broad SMARTS) is 1. The zero-order valence-electron chi connectivity index (χ0n) is 17.0. The lowest BCUT2D eigenvalue weighted by atomic mass is 9.97. The average Bonchev–Trinajstić information content (AvgIpc) is 2.78. The maximum Gasteiger partial charge on any atom is 0.352 e. The van der Waals surface area contributed by atoms with Gasteiger partial charge < -0.3 is 19.9 Å². The first-order chi connectivity index (χ1) is 15.3. The Morgan fingerprint density at radius 3 is 2.66 bits per heavy atom. The molecule has 12 nitrogen and oxygen atoms in total. The normalized spacial score (nSPS) is 22.8. The van der Waals surface area contributed by atoms with Crippen molar-refractivity contribution < 1.29 is 33.8 Å². The van der Waals surface area contributed by atoms with Gasteiger partial charge >= 0.3 is 11.9 Å². The minimum atomic E-state index is -1.85. The number of hydrogen-bond acceptors (Lipinski definition) is 8. The second-order valence-electron chi connectivity index (χ2n) is 6.82. The number of rotatable bonds is 8. The Morgan fingerprint density at radius 2 is 2.09 bits per heavy atom. The fraction of sp³-hybridized carbons (Fsp3) is 0.368. The third-order valence-corrected chi connectivity index (χ3v) is 6.30. The number of methoxy groups -OCH3 is 1. The van der Waals surface area contributed by atoms with Crippen LogP contribution >= 0.6 is 11.8 Å². The highest BCUT2D eigenvalue weighted by Gasteiger charge is 2.66. The van der Waals surface area contributed by atoms with Gasteiger partial charge in [0.05, 0.1) is 0 Å². The first-order valence-corrected chi connectivity index (χ1v) is 10.3. The number of nitrogens with zero attached hydrogens (tertiary/aromatic N) is 4. The number of aliphatic carboxylic acids is 1. The largest absolute Gasteiger partial charge is 0.477 e. The van der Waals surface area contributed by atoms with Gasteiger partial charge in [0.15, 0.2) is 0 Å². The minimum Gasteiger partial charge on any atom is -0.477 e. The summed E-state index contributed by atoms with van der Waals surface area (Å²) in [6.07, 6.45) is 0. The molecular formula is C19H19N5O7S. The number of fused-ring (bicyclic) bond motifs is 1. The van der Waals surface area contributed by atoms with Crippen molar-refractivity contribution in [1.82, 2.24) is 10.2 Å². The van der Waals surface area contributed by atoms with E-state index in [4.69, 9.17) is 15.0 Å². The molecule has 1 aromatic rings. The van der Waals surface area contributed by atoms with Crippen LogP contribution in [-0.4, -0.2) is 64.3 Å². The molecule has 0 saturated carbocycles. The maximum atomic E-state index is 13.1. The van der Waals surface area contributed by atoms with E-state index in [1.54, 1.807) is 30.3 Å². The summed E-state index contributed by atoms with van der Waals surface area (Å²) in [4.78, 5) is 52.7. The van der Waals surface area contributed by atoms with Crippen molar-refractivity contribution in [3.63, 3.8) is 0 Å². The standard InChI is InChI=1S/C19H19N5O7S/c1-10(25)31-8-12-9-32-18-19(30-2,17(29)24(18)14(12)16(27)28)21-15(26)13(22-23-20)11-6-4-3-5-7-11/h3-7,13,18H,8-9H2,1-2H3,(H,21,26)(H,27,28)/t13?,18-,19?/m1/s1. The predicted octanol–water partition coefficient (Wildman–Crippen LogP) is 1.31. The second-order valence-corrected chi connectivity index (χ2v) is 7.89. The van der Waals surface area contributed by atoms with Crippen molar-refractivity contribution in [3.8, 4) is 0 Å². The fourth-order valence-corrected chi connectivity index (χ4v) is 4.87. The number of benzene rings is 1. The highest BCUT2D eigenvalue weighted by Crippen LogP contribution is 2.46. The predicted molar refractivity (Wildman–Crippen MR) is 111 cm³/mol. The van der Waals surface area contributed by atoms with Gasteiger partial charge in [0.2, 0.25) is 5.91 Å². The third kappa shape index (κ3) is 4.00. The second kappa shape index (κ2) is 9.30. The average molecular weight is 461 g/mol. The van der Waals surface area contributed by atoms with Gasteiger partial charge in [-0.1, -0.05) is 35.4 Å².